The Labute approximate surface area is 138 Å². The Balaban J connectivity index is 1.95. The van der Waals surface area contributed by atoms with Crippen molar-refractivity contribution < 1.29 is 4.57 Å². The standard InChI is InChI=1S/C22H22N/c1-16-13-21-18-11-7-8-12-20(18)22(2,3)15-23(21)14-19(16)17-9-5-4-6-10-17/h4-14H,15H2,1-3H3/q+1. The summed E-state index contributed by atoms with van der Waals surface area (Å²) >= 11 is 0. The lowest BCUT2D eigenvalue weighted by Gasteiger charge is -2.29. The number of rotatable bonds is 1. The Morgan fingerprint density at radius 3 is 2.35 bits per heavy atom. The second kappa shape index (κ2) is 5.06. The van der Waals surface area contributed by atoms with E-state index in [-0.39, 0.29) is 5.41 Å². The van der Waals surface area contributed by atoms with Crippen LogP contribution in [0.4, 0.5) is 0 Å². The van der Waals surface area contributed by atoms with Crippen molar-refractivity contribution in [3.63, 3.8) is 0 Å². The van der Waals surface area contributed by atoms with Crippen molar-refractivity contribution in [1.29, 1.82) is 0 Å². The van der Waals surface area contributed by atoms with E-state index in [0.29, 0.717) is 0 Å². The third-order valence-corrected chi connectivity index (χ3v) is 4.95. The van der Waals surface area contributed by atoms with Crippen LogP contribution in [-0.4, -0.2) is 0 Å². The number of hydrogen-bond donors (Lipinski definition) is 0. The van der Waals surface area contributed by atoms with Gasteiger partial charge in [-0.1, -0.05) is 48.5 Å². The van der Waals surface area contributed by atoms with Gasteiger partial charge < -0.3 is 0 Å². The molecule has 114 valence electrons. The fourth-order valence-electron chi connectivity index (χ4n) is 3.78. The maximum atomic E-state index is 2.43. The Bertz CT molecular complexity index is 876. The fraction of sp³-hybridized carbons (Fsp3) is 0.227. The fourth-order valence-corrected chi connectivity index (χ4v) is 3.78. The van der Waals surface area contributed by atoms with Gasteiger partial charge in [0.1, 0.15) is 0 Å². The number of aryl methyl sites for hydroxylation is 1. The van der Waals surface area contributed by atoms with Crippen molar-refractivity contribution in [3.8, 4) is 22.4 Å². The monoisotopic (exact) mass is 300 g/mol. The van der Waals surface area contributed by atoms with E-state index >= 15 is 0 Å². The van der Waals surface area contributed by atoms with E-state index in [2.05, 4.69) is 92.2 Å². The smallest absolute Gasteiger partial charge is 0.197 e. The molecular weight excluding hydrogens is 278 g/mol. The highest BCUT2D eigenvalue weighted by atomic mass is 15.0. The summed E-state index contributed by atoms with van der Waals surface area (Å²) < 4.78 is 2.43. The first-order valence-corrected chi connectivity index (χ1v) is 8.26. The minimum Gasteiger partial charge on any atom is -0.197 e. The van der Waals surface area contributed by atoms with E-state index in [9.17, 15) is 0 Å². The first-order chi connectivity index (χ1) is 11.1. The maximum Gasteiger partial charge on any atom is 0.213 e. The molecule has 0 atom stereocenters. The minimum atomic E-state index is 0.150. The van der Waals surface area contributed by atoms with Gasteiger partial charge >= 0.3 is 0 Å². The molecule has 23 heavy (non-hydrogen) atoms. The molecule has 1 aromatic heterocycles. The number of aromatic nitrogens is 1. The van der Waals surface area contributed by atoms with Crippen molar-refractivity contribution in [1.82, 2.24) is 0 Å². The minimum absolute atomic E-state index is 0.150. The second-order valence-electron chi connectivity index (χ2n) is 7.18. The zero-order valence-corrected chi connectivity index (χ0v) is 14.0. The van der Waals surface area contributed by atoms with Crippen molar-refractivity contribution in [2.24, 2.45) is 0 Å². The molecule has 1 nitrogen and oxygen atoms in total. The van der Waals surface area contributed by atoms with Crippen LogP contribution in [0.3, 0.4) is 0 Å². The number of fused-ring (bicyclic) bond motifs is 3. The molecular formula is C22H22N+. The molecule has 2 heterocycles. The molecule has 1 aliphatic heterocycles. The molecule has 0 aliphatic carbocycles. The van der Waals surface area contributed by atoms with Gasteiger partial charge in [0, 0.05) is 17.0 Å². The SMILES string of the molecule is Cc1cc2[n+](cc1-c1ccccc1)CC(C)(C)c1ccccc1-2. The highest BCUT2D eigenvalue weighted by Gasteiger charge is 2.36. The first kappa shape index (κ1) is 14.2. The van der Waals surface area contributed by atoms with Crippen LogP contribution >= 0.6 is 0 Å². The van der Waals surface area contributed by atoms with Crippen LogP contribution in [0.25, 0.3) is 22.4 Å². The van der Waals surface area contributed by atoms with E-state index in [1.54, 1.807) is 0 Å². The summed E-state index contributed by atoms with van der Waals surface area (Å²) in [5.41, 5.74) is 8.24. The van der Waals surface area contributed by atoms with E-state index in [4.69, 9.17) is 0 Å². The lowest BCUT2D eigenvalue weighted by molar-refractivity contribution is -0.695. The van der Waals surface area contributed by atoms with E-state index in [1.807, 2.05) is 0 Å². The molecule has 0 saturated carbocycles. The summed E-state index contributed by atoms with van der Waals surface area (Å²) in [6.45, 7) is 7.90. The lowest BCUT2D eigenvalue weighted by atomic mass is 9.77. The molecule has 4 rings (SSSR count). The van der Waals surface area contributed by atoms with Crippen molar-refractivity contribution in [2.75, 3.05) is 0 Å². The van der Waals surface area contributed by atoms with E-state index in [0.717, 1.165) is 6.54 Å². The second-order valence-corrected chi connectivity index (χ2v) is 7.18. The largest absolute Gasteiger partial charge is 0.213 e. The normalized spacial score (nSPS) is 14.9. The summed E-state index contributed by atoms with van der Waals surface area (Å²) in [5.74, 6) is 0. The number of hydrogen-bond acceptors (Lipinski definition) is 0. The topological polar surface area (TPSA) is 3.88 Å². The molecule has 0 saturated heterocycles. The summed E-state index contributed by atoms with van der Waals surface area (Å²) in [5, 5.41) is 0. The van der Waals surface area contributed by atoms with Gasteiger partial charge in [-0.25, -0.2) is 0 Å². The average molecular weight is 300 g/mol. The first-order valence-electron chi connectivity index (χ1n) is 8.26. The van der Waals surface area contributed by atoms with Crippen LogP contribution in [0.15, 0.2) is 66.9 Å². The third-order valence-electron chi connectivity index (χ3n) is 4.95. The molecule has 1 heteroatoms. The van der Waals surface area contributed by atoms with Crippen molar-refractivity contribution >= 4 is 0 Å². The number of pyridine rings is 1. The van der Waals surface area contributed by atoms with E-state index < -0.39 is 0 Å². The van der Waals surface area contributed by atoms with Gasteiger partial charge in [0.05, 0.1) is 5.56 Å². The van der Waals surface area contributed by atoms with Crippen molar-refractivity contribution in [3.05, 3.63) is 78.0 Å². The third kappa shape index (κ3) is 2.28. The van der Waals surface area contributed by atoms with Crippen LogP contribution in [0.5, 0.6) is 0 Å². The van der Waals surface area contributed by atoms with Crippen LogP contribution in [0, 0.1) is 6.92 Å². The van der Waals surface area contributed by atoms with Gasteiger partial charge in [-0.15, -0.1) is 0 Å². The number of nitrogens with zero attached hydrogens (tertiary/aromatic N) is 1. The predicted molar refractivity (Wildman–Crippen MR) is 95.3 cm³/mol. The quantitative estimate of drug-likeness (QED) is 0.562. The van der Waals surface area contributed by atoms with Crippen LogP contribution < -0.4 is 4.57 Å². The highest BCUT2D eigenvalue weighted by Crippen LogP contribution is 2.37. The van der Waals surface area contributed by atoms with Gasteiger partial charge in [-0.2, -0.15) is 4.57 Å². The number of benzene rings is 2. The Morgan fingerprint density at radius 2 is 1.57 bits per heavy atom. The lowest BCUT2D eigenvalue weighted by Crippen LogP contribution is -2.48. The Morgan fingerprint density at radius 1 is 0.870 bits per heavy atom. The molecule has 1 aliphatic rings. The van der Waals surface area contributed by atoms with Gasteiger partial charge in [-0.05, 0) is 43.5 Å². The molecule has 0 radical (unpaired) electrons. The molecule has 0 spiro atoms. The molecule has 2 aromatic carbocycles. The summed E-state index contributed by atoms with van der Waals surface area (Å²) in [4.78, 5) is 0. The zero-order valence-electron chi connectivity index (χ0n) is 14.0. The molecule has 0 fully saturated rings. The van der Waals surface area contributed by atoms with E-state index in [1.165, 1.54) is 33.5 Å². The predicted octanol–water partition coefficient (Wildman–Crippen LogP) is 4.91. The molecule has 3 aromatic rings. The van der Waals surface area contributed by atoms with Gasteiger partial charge in [-0.3, -0.25) is 0 Å². The molecule has 0 unspecified atom stereocenters. The van der Waals surface area contributed by atoms with Gasteiger partial charge in [0.2, 0.25) is 5.69 Å². The van der Waals surface area contributed by atoms with Crippen LogP contribution in [0.2, 0.25) is 0 Å². The highest BCUT2D eigenvalue weighted by molar-refractivity contribution is 5.70. The van der Waals surface area contributed by atoms with Gasteiger partial charge in [0.15, 0.2) is 12.7 Å². The zero-order chi connectivity index (χ0) is 16.0. The molecule has 0 amide bonds. The van der Waals surface area contributed by atoms with Crippen molar-refractivity contribution in [2.45, 2.75) is 32.7 Å². The summed E-state index contributed by atoms with van der Waals surface area (Å²) in [6, 6.07) is 21.8. The summed E-state index contributed by atoms with van der Waals surface area (Å²) in [6.07, 6.45) is 2.33. The maximum absolute atomic E-state index is 2.43. The molecule has 0 bridgehead atoms. The van der Waals surface area contributed by atoms with Crippen LogP contribution in [0.1, 0.15) is 25.0 Å². The van der Waals surface area contributed by atoms with Gasteiger partial charge in [0.25, 0.3) is 0 Å². The average Bonchev–Trinajstić information content (AvgIpc) is 2.56. The Kier molecular flexibility index (Phi) is 3.12. The summed E-state index contributed by atoms with van der Waals surface area (Å²) in [7, 11) is 0. The van der Waals surface area contributed by atoms with Crippen LogP contribution in [-0.2, 0) is 12.0 Å². The molecule has 0 N–H and O–H groups in total. The Hall–Kier alpha value is -2.41.